The van der Waals surface area contributed by atoms with Gasteiger partial charge in [0.05, 0.1) is 11.6 Å². The summed E-state index contributed by atoms with van der Waals surface area (Å²) in [5, 5.41) is 11.4. The number of anilines is 1. The number of rotatable bonds is 4. The molecule has 0 fully saturated rings. The first-order valence-electron chi connectivity index (χ1n) is 6.86. The van der Waals surface area contributed by atoms with Crippen LogP contribution in [0.4, 0.5) is 5.69 Å². The molecule has 2 N–H and O–H groups in total. The van der Waals surface area contributed by atoms with Gasteiger partial charge in [0.25, 0.3) is 5.56 Å². The lowest BCUT2D eigenvalue weighted by Crippen LogP contribution is -2.20. The summed E-state index contributed by atoms with van der Waals surface area (Å²) >= 11 is 0. The van der Waals surface area contributed by atoms with Crippen molar-refractivity contribution >= 4 is 11.6 Å². The lowest BCUT2D eigenvalue weighted by atomic mass is 10.1. The van der Waals surface area contributed by atoms with Crippen LogP contribution in [0, 0.1) is 25.2 Å². The number of aromatic amines is 1. The number of nitrogens with zero attached hydrogens (tertiary/aromatic N) is 2. The zero-order chi connectivity index (χ0) is 16.1. The maximum absolute atomic E-state index is 11.9. The summed E-state index contributed by atoms with van der Waals surface area (Å²) < 4.78 is 0. The fraction of sp³-hybridized carbons (Fsp3) is 0.250. The second kappa shape index (κ2) is 6.68. The molecule has 1 amide bonds. The van der Waals surface area contributed by atoms with Crippen LogP contribution in [0.25, 0.3) is 0 Å². The van der Waals surface area contributed by atoms with Gasteiger partial charge in [-0.2, -0.15) is 5.26 Å². The zero-order valence-electron chi connectivity index (χ0n) is 12.4. The molecule has 0 aliphatic rings. The van der Waals surface area contributed by atoms with Crippen LogP contribution < -0.4 is 10.9 Å². The number of aryl methyl sites for hydroxylation is 2. The van der Waals surface area contributed by atoms with Gasteiger partial charge in [0.15, 0.2) is 0 Å². The Bertz CT molecular complexity index is 785. The highest BCUT2D eigenvalue weighted by Gasteiger charge is 2.09. The number of nitriles is 1. The number of benzene rings is 1. The topological polar surface area (TPSA) is 98.6 Å². The monoisotopic (exact) mass is 296 g/mol. The Morgan fingerprint density at radius 1 is 1.32 bits per heavy atom. The third kappa shape index (κ3) is 3.79. The van der Waals surface area contributed by atoms with Crippen LogP contribution in [0.3, 0.4) is 0 Å². The van der Waals surface area contributed by atoms with E-state index in [9.17, 15) is 9.59 Å². The van der Waals surface area contributed by atoms with Gasteiger partial charge in [0, 0.05) is 23.4 Å². The highest BCUT2D eigenvalue weighted by molar-refractivity contribution is 5.90. The third-order valence-corrected chi connectivity index (χ3v) is 3.24. The van der Waals surface area contributed by atoms with Gasteiger partial charge in [-0.1, -0.05) is 0 Å². The highest BCUT2D eigenvalue weighted by Crippen LogP contribution is 2.10. The van der Waals surface area contributed by atoms with E-state index < -0.39 is 0 Å². The Morgan fingerprint density at radius 3 is 2.59 bits per heavy atom. The molecule has 2 rings (SSSR count). The predicted octanol–water partition coefficient (Wildman–Crippen LogP) is 1.83. The van der Waals surface area contributed by atoms with Crippen LogP contribution in [0.15, 0.2) is 29.1 Å². The summed E-state index contributed by atoms with van der Waals surface area (Å²) in [6.07, 6.45) is 0.519. The van der Waals surface area contributed by atoms with E-state index in [1.165, 1.54) is 0 Å². The Hall–Kier alpha value is -2.94. The van der Waals surface area contributed by atoms with Crippen molar-refractivity contribution in [3.05, 3.63) is 57.3 Å². The standard InChI is InChI=1S/C16H16N4O2/c1-10-14(16(22)19-11(2)18-10)7-8-15(21)20-13-5-3-12(9-17)4-6-13/h3-6H,7-8H2,1-2H3,(H,20,21)(H,18,19,22). The van der Waals surface area contributed by atoms with Gasteiger partial charge in [0.1, 0.15) is 5.82 Å². The normalized spacial score (nSPS) is 10.0. The lowest BCUT2D eigenvalue weighted by Gasteiger charge is -2.07. The van der Waals surface area contributed by atoms with E-state index in [1.807, 2.05) is 6.07 Å². The summed E-state index contributed by atoms with van der Waals surface area (Å²) in [5.74, 6) is 0.373. The van der Waals surface area contributed by atoms with Crippen molar-refractivity contribution in [3.8, 4) is 6.07 Å². The van der Waals surface area contributed by atoms with E-state index in [-0.39, 0.29) is 17.9 Å². The summed E-state index contributed by atoms with van der Waals surface area (Å²) in [4.78, 5) is 30.6. The van der Waals surface area contributed by atoms with E-state index in [0.29, 0.717) is 34.8 Å². The van der Waals surface area contributed by atoms with Crippen LogP contribution in [0.2, 0.25) is 0 Å². The molecule has 0 bridgehead atoms. The van der Waals surface area contributed by atoms with Crippen molar-refractivity contribution in [2.75, 3.05) is 5.32 Å². The molecule has 2 aromatic rings. The maximum Gasteiger partial charge on any atom is 0.254 e. The SMILES string of the molecule is Cc1nc(C)c(CCC(=O)Nc2ccc(C#N)cc2)c(=O)[nH]1. The number of nitrogens with one attached hydrogen (secondary N) is 2. The molecular formula is C16H16N4O2. The predicted molar refractivity (Wildman–Crippen MR) is 82.4 cm³/mol. The molecular weight excluding hydrogens is 280 g/mol. The molecule has 0 aliphatic heterocycles. The second-order valence-electron chi connectivity index (χ2n) is 4.95. The number of carbonyl (C=O) groups excluding carboxylic acids is 1. The molecule has 0 saturated heterocycles. The van der Waals surface area contributed by atoms with E-state index in [2.05, 4.69) is 15.3 Å². The van der Waals surface area contributed by atoms with Crippen LogP contribution in [-0.2, 0) is 11.2 Å². The van der Waals surface area contributed by atoms with Gasteiger partial charge in [-0.05, 0) is 44.5 Å². The Kier molecular flexibility index (Phi) is 4.69. The number of hydrogen-bond donors (Lipinski definition) is 2. The summed E-state index contributed by atoms with van der Waals surface area (Å²) in [6.45, 7) is 3.48. The smallest absolute Gasteiger partial charge is 0.254 e. The van der Waals surface area contributed by atoms with Crippen molar-refractivity contribution in [3.63, 3.8) is 0 Å². The van der Waals surface area contributed by atoms with Crippen molar-refractivity contribution in [1.82, 2.24) is 9.97 Å². The summed E-state index contributed by atoms with van der Waals surface area (Å²) in [5.41, 5.74) is 2.13. The van der Waals surface area contributed by atoms with E-state index in [4.69, 9.17) is 5.26 Å². The minimum absolute atomic E-state index is 0.189. The van der Waals surface area contributed by atoms with Crippen LogP contribution in [0.5, 0.6) is 0 Å². The third-order valence-electron chi connectivity index (χ3n) is 3.24. The molecule has 0 saturated carbocycles. The first kappa shape index (κ1) is 15.4. The van der Waals surface area contributed by atoms with Gasteiger partial charge < -0.3 is 10.3 Å². The Morgan fingerprint density at radius 2 is 2.00 bits per heavy atom. The minimum atomic E-state index is -0.198. The van der Waals surface area contributed by atoms with Crippen molar-refractivity contribution in [2.45, 2.75) is 26.7 Å². The number of carbonyl (C=O) groups is 1. The highest BCUT2D eigenvalue weighted by atomic mass is 16.1. The molecule has 0 aliphatic carbocycles. The molecule has 0 radical (unpaired) electrons. The van der Waals surface area contributed by atoms with Crippen molar-refractivity contribution in [1.29, 1.82) is 5.26 Å². The fourth-order valence-corrected chi connectivity index (χ4v) is 2.14. The Balaban J connectivity index is 1.98. The fourth-order valence-electron chi connectivity index (χ4n) is 2.14. The molecule has 0 spiro atoms. The zero-order valence-corrected chi connectivity index (χ0v) is 12.4. The van der Waals surface area contributed by atoms with Crippen molar-refractivity contribution < 1.29 is 4.79 Å². The van der Waals surface area contributed by atoms with Gasteiger partial charge >= 0.3 is 0 Å². The van der Waals surface area contributed by atoms with Gasteiger partial charge in [-0.3, -0.25) is 9.59 Å². The summed E-state index contributed by atoms with van der Waals surface area (Å²) in [7, 11) is 0. The number of amides is 1. The minimum Gasteiger partial charge on any atom is -0.326 e. The van der Waals surface area contributed by atoms with E-state index in [1.54, 1.807) is 38.1 Å². The van der Waals surface area contributed by atoms with Gasteiger partial charge in [-0.25, -0.2) is 4.98 Å². The molecule has 6 nitrogen and oxygen atoms in total. The quantitative estimate of drug-likeness (QED) is 0.899. The molecule has 0 unspecified atom stereocenters. The molecule has 1 aromatic carbocycles. The average molecular weight is 296 g/mol. The molecule has 1 aromatic heterocycles. The number of H-pyrrole nitrogens is 1. The van der Waals surface area contributed by atoms with Crippen molar-refractivity contribution in [2.24, 2.45) is 0 Å². The van der Waals surface area contributed by atoms with E-state index in [0.717, 1.165) is 0 Å². The maximum atomic E-state index is 11.9. The van der Waals surface area contributed by atoms with E-state index >= 15 is 0 Å². The molecule has 0 atom stereocenters. The molecule has 22 heavy (non-hydrogen) atoms. The largest absolute Gasteiger partial charge is 0.326 e. The van der Waals surface area contributed by atoms with Gasteiger partial charge in [0.2, 0.25) is 5.91 Å². The molecule has 1 heterocycles. The number of hydrogen-bond acceptors (Lipinski definition) is 4. The molecule has 112 valence electrons. The Labute approximate surface area is 127 Å². The summed E-state index contributed by atoms with van der Waals surface area (Å²) in [6, 6.07) is 8.62. The first-order chi connectivity index (χ1) is 10.5. The first-order valence-corrected chi connectivity index (χ1v) is 6.86. The lowest BCUT2D eigenvalue weighted by molar-refractivity contribution is -0.116. The average Bonchev–Trinajstić information content (AvgIpc) is 2.47. The van der Waals surface area contributed by atoms with Gasteiger partial charge in [-0.15, -0.1) is 0 Å². The van der Waals surface area contributed by atoms with Crippen LogP contribution in [-0.4, -0.2) is 15.9 Å². The van der Waals surface area contributed by atoms with Crippen LogP contribution in [0.1, 0.15) is 29.1 Å². The molecule has 6 heteroatoms. The number of aromatic nitrogens is 2. The van der Waals surface area contributed by atoms with Crippen LogP contribution >= 0.6 is 0 Å². The second-order valence-corrected chi connectivity index (χ2v) is 4.95.